The maximum atomic E-state index is 14.2. The first-order valence-corrected chi connectivity index (χ1v) is 20.9. The summed E-state index contributed by atoms with van der Waals surface area (Å²) in [6.07, 6.45) is 1.02. The van der Waals surface area contributed by atoms with E-state index in [1.165, 1.54) is 62.7 Å². The Morgan fingerprint density at radius 2 is 1.47 bits per heavy atom. The van der Waals surface area contributed by atoms with Crippen LogP contribution in [0.1, 0.15) is 94.1 Å². The lowest BCUT2D eigenvalue weighted by Crippen LogP contribution is -2.58. The van der Waals surface area contributed by atoms with Crippen LogP contribution in [0.3, 0.4) is 0 Å². The Morgan fingerprint density at radius 1 is 0.867 bits per heavy atom. The van der Waals surface area contributed by atoms with Gasteiger partial charge in [0.15, 0.2) is 6.10 Å². The van der Waals surface area contributed by atoms with Gasteiger partial charge >= 0.3 is 11.9 Å². The summed E-state index contributed by atoms with van der Waals surface area (Å²) in [7, 11) is 4.31. The van der Waals surface area contributed by atoms with Crippen LogP contribution in [0, 0.1) is 17.8 Å². The predicted molar refractivity (Wildman–Crippen MR) is 228 cm³/mol. The number of rotatable bonds is 7. The van der Waals surface area contributed by atoms with Crippen molar-refractivity contribution in [3.63, 3.8) is 0 Å². The van der Waals surface area contributed by atoms with Crippen molar-refractivity contribution >= 4 is 41.5 Å². The second kappa shape index (κ2) is 23.7. The fraction of sp³-hybridized carbons (Fsp3) is 0.622. The normalized spacial score (nSPS) is 28.3. The highest BCUT2D eigenvalue weighted by Gasteiger charge is 2.38. The van der Waals surface area contributed by atoms with E-state index >= 15 is 0 Å². The molecule has 0 saturated carbocycles. The summed E-state index contributed by atoms with van der Waals surface area (Å²) >= 11 is 0. The molecule has 0 spiro atoms. The largest absolute Gasteiger partial charge is 0.456 e. The molecule has 0 unspecified atom stereocenters. The van der Waals surface area contributed by atoms with Crippen molar-refractivity contribution in [2.75, 3.05) is 27.7 Å². The average Bonchev–Trinajstić information content (AvgIpc) is 3.24. The van der Waals surface area contributed by atoms with Gasteiger partial charge in [-0.2, -0.15) is 0 Å². The molecule has 0 aromatic heterocycles. The maximum Gasteiger partial charge on any atom is 0.334 e. The van der Waals surface area contributed by atoms with E-state index in [2.05, 4.69) is 10.6 Å². The number of carbonyl (C=O) groups excluding carboxylic acids is 7. The number of benzene rings is 1. The molecule has 0 aliphatic carbocycles. The van der Waals surface area contributed by atoms with Gasteiger partial charge in [0, 0.05) is 45.0 Å². The Labute approximate surface area is 356 Å². The van der Waals surface area contributed by atoms with Gasteiger partial charge in [-0.05, 0) is 64.5 Å². The molecule has 3 N–H and O–H groups in total. The third-order valence-electron chi connectivity index (χ3n) is 11.8. The van der Waals surface area contributed by atoms with Crippen molar-refractivity contribution in [3.8, 4) is 0 Å². The summed E-state index contributed by atoms with van der Waals surface area (Å²) in [5.74, 6) is -6.05. The lowest BCUT2D eigenvalue weighted by atomic mass is 9.90. The predicted octanol–water partition coefficient (Wildman–Crippen LogP) is 3.58. The van der Waals surface area contributed by atoms with Crippen molar-refractivity contribution in [3.05, 3.63) is 59.2 Å². The molecule has 0 radical (unpaired) electrons. The molecule has 1 aliphatic heterocycles. The second-order valence-electron chi connectivity index (χ2n) is 16.3. The number of amides is 5. The third-order valence-corrected chi connectivity index (χ3v) is 11.8. The quantitative estimate of drug-likeness (QED) is 0.270. The van der Waals surface area contributed by atoms with Crippen molar-refractivity contribution in [1.82, 2.24) is 25.3 Å². The Morgan fingerprint density at radius 3 is 2.03 bits per heavy atom. The van der Waals surface area contributed by atoms with Gasteiger partial charge in [0.1, 0.15) is 30.3 Å². The first kappa shape index (κ1) is 51.1. The van der Waals surface area contributed by atoms with Crippen LogP contribution in [0.5, 0.6) is 0 Å². The van der Waals surface area contributed by atoms with Crippen LogP contribution in [-0.2, 0) is 49.5 Å². The summed E-state index contributed by atoms with van der Waals surface area (Å²) in [6, 6.07) is 4.61. The van der Waals surface area contributed by atoms with Crippen molar-refractivity contribution in [1.29, 1.82) is 0 Å². The Kier molecular flexibility index (Phi) is 20.2. The van der Waals surface area contributed by atoms with Crippen molar-refractivity contribution in [2.24, 2.45) is 17.8 Å². The van der Waals surface area contributed by atoms with Gasteiger partial charge in [-0.15, -0.1) is 0 Å². The van der Waals surface area contributed by atoms with Gasteiger partial charge in [-0.1, -0.05) is 83.5 Å². The number of hydrogen-bond donors (Lipinski definition) is 3. The summed E-state index contributed by atoms with van der Waals surface area (Å²) in [6.45, 7) is 16.5. The van der Waals surface area contributed by atoms with E-state index in [4.69, 9.17) is 9.47 Å². The molecule has 1 heterocycles. The minimum atomic E-state index is -1.27. The molecule has 2 rings (SSSR count). The standard InChI is InChI=1S/C45H69N5O10/c1-14-26(4)37-43(56)49(12)32(10)45(58)59-38(27(5)15-2)30(8)35(51)23-22-29(7)44(57)60-39(28(6)16-3)40(53)46-31(9)41(54)50(13)34(24-33-20-18-17-19-21-33)42(55)48(11)25-36(52)47-37/h15,17-22,26,28,30-32,34-35,37-39,51H,14,16,23-25H2,1-13H3,(H,46,53)(H,47,52)/t26-,28+,30+,31+,32+,34-,35+,37+,38+,39-/m1/s1. The topological polar surface area (TPSA) is 192 Å². The smallest absolute Gasteiger partial charge is 0.334 e. The zero-order valence-electron chi connectivity index (χ0n) is 37.8. The van der Waals surface area contributed by atoms with Crippen LogP contribution in [0.15, 0.2) is 53.6 Å². The number of aliphatic hydroxyl groups is 1. The summed E-state index contributed by atoms with van der Waals surface area (Å²) < 4.78 is 11.7. The zero-order valence-corrected chi connectivity index (χ0v) is 37.8. The number of allylic oxidation sites excluding steroid dienone is 1. The number of ether oxygens (including phenoxy) is 2. The molecule has 60 heavy (non-hydrogen) atoms. The molecule has 15 nitrogen and oxygen atoms in total. The van der Waals surface area contributed by atoms with Gasteiger partial charge in [0.25, 0.3) is 5.91 Å². The third kappa shape index (κ3) is 13.7. The SMILES string of the molecule is CC=C(C)[C@@H]1OC(=O)[C@H](C)N(C)C(=O)[C@H]([C@H](C)CC)NC(=O)CN(C)C(=O)[C@@H](Cc2ccccc2)N(C)C(=O)[C@H](C)NC(=O)[C@@H]([C@@H](C)CC)OC(=O)C(C)=CC[C@H](O)[C@@H]1C. The van der Waals surface area contributed by atoms with Gasteiger partial charge < -0.3 is 39.9 Å². The van der Waals surface area contributed by atoms with E-state index in [9.17, 15) is 38.7 Å². The maximum absolute atomic E-state index is 14.2. The molecular formula is C45H69N5O10. The Balaban J connectivity index is 2.67. The molecule has 1 aliphatic rings. The van der Waals surface area contributed by atoms with Crippen molar-refractivity contribution < 1.29 is 48.1 Å². The lowest BCUT2D eigenvalue weighted by molar-refractivity contribution is -0.160. The van der Waals surface area contributed by atoms with E-state index in [0.29, 0.717) is 18.4 Å². The number of esters is 2. The molecule has 0 saturated heterocycles. The van der Waals surface area contributed by atoms with Gasteiger partial charge in [-0.3, -0.25) is 24.0 Å². The molecule has 10 atom stereocenters. The molecule has 15 heteroatoms. The number of nitrogens with one attached hydrogen (secondary N) is 2. The van der Waals surface area contributed by atoms with E-state index in [1.807, 2.05) is 19.9 Å². The molecule has 5 amide bonds. The number of aliphatic hydroxyl groups excluding tert-OH is 1. The monoisotopic (exact) mass is 840 g/mol. The minimum Gasteiger partial charge on any atom is -0.456 e. The molecule has 1 aromatic rings. The van der Waals surface area contributed by atoms with E-state index in [0.717, 1.165) is 5.56 Å². The van der Waals surface area contributed by atoms with E-state index < -0.39 is 102 Å². The number of hydrogen-bond acceptors (Lipinski definition) is 10. The Bertz CT molecular complexity index is 1730. The van der Waals surface area contributed by atoms with E-state index in [-0.39, 0.29) is 24.3 Å². The first-order valence-electron chi connectivity index (χ1n) is 20.9. The number of likely N-dealkylation sites (N-methyl/N-ethyl adjacent to an activating group) is 3. The number of nitrogens with zero attached hydrogens (tertiary/aromatic N) is 3. The van der Waals surface area contributed by atoms with Crippen LogP contribution in [-0.4, -0.2) is 131 Å². The number of carbonyl (C=O) groups is 7. The summed E-state index contributed by atoms with van der Waals surface area (Å²) in [4.78, 5) is 100. The van der Waals surface area contributed by atoms with Gasteiger partial charge in [0.05, 0.1) is 12.6 Å². The van der Waals surface area contributed by atoms with E-state index in [1.54, 1.807) is 65.0 Å². The fourth-order valence-corrected chi connectivity index (χ4v) is 6.71. The minimum absolute atomic E-state index is 0.0203. The molecule has 0 fully saturated rings. The summed E-state index contributed by atoms with van der Waals surface area (Å²) in [5, 5.41) is 16.7. The first-order chi connectivity index (χ1) is 28.1. The molecule has 1 aromatic carbocycles. The van der Waals surface area contributed by atoms with Crippen LogP contribution in [0.2, 0.25) is 0 Å². The highest BCUT2D eigenvalue weighted by molar-refractivity contribution is 5.96. The van der Waals surface area contributed by atoms with Crippen LogP contribution in [0.25, 0.3) is 0 Å². The average molecular weight is 840 g/mol. The number of cyclic esters (lactones) is 2. The second-order valence-corrected chi connectivity index (χ2v) is 16.3. The van der Waals surface area contributed by atoms with Gasteiger partial charge in [-0.25, -0.2) is 9.59 Å². The molecular weight excluding hydrogens is 771 g/mol. The van der Waals surface area contributed by atoms with Crippen LogP contribution >= 0.6 is 0 Å². The van der Waals surface area contributed by atoms with Crippen LogP contribution < -0.4 is 10.6 Å². The zero-order chi connectivity index (χ0) is 45.6. The highest BCUT2D eigenvalue weighted by atomic mass is 16.6. The van der Waals surface area contributed by atoms with Crippen LogP contribution in [0.4, 0.5) is 0 Å². The molecule has 334 valence electrons. The van der Waals surface area contributed by atoms with Gasteiger partial charge in [0.2, 0.25) is 23.6 Å². The summed E-state index contributed by atoms with van der Waals surface area (Å²) in [5.41, 5.74) is 1.52. The van der Waals surface area contributed by atoms with Crippen molar-refractivity contribution in [2.45, 2.75) is 137 Å². The molecule has 0 bridgehead atoms. The lowest BCUT2D eigenvalue weighted by Gasteiger charge is -2.34. The highest BCUT2D eigenvalue weighted by Crippen LogP contribution is 2.25. The Hall–Kier alpha value is -5.05. The fourth-order valence-electron chi connectivity index (χ4n) is 6.71.